The van der Waals surface area contributed by atoms with Crippen LogP contribution >= 0.6 is 15.9 Å². The fourth-order valence-electron chi connectivity index (χ4n) is 2.02. The van der Waals surface area contributed by atoms with Gasteiger partial charge in [0.05, 0.1) is 0 Å². The van der Waals surface area contributed by atoms with Gasteiger partial charge in [0.15, 0.2) is 0 Å². The van der Waals surface area contributed by atoms with Crippen molar-refractivity contribution in [1.82, 2.24) is 5.32 Å². The van der Waals surface area contributed by atoms with Gasteiger partial charge in [0.25, 0.3) is 0 Å². The van der Waals surface area contributed by atoms with E-state index in [2.05, 4.69) is 60.2 Å². The lowest BCUT2D eigenvalue weighted by Gasteiger charge is -2.13. The maximum atomic E-state index is 5.93. The average molecular weight is 348 g/mol. The maximum Gasteiger partial charge on any atom is 0.120 e. The lowest BCUT2D eigenvalue weighted by Crippen LogP contribution is -2.22. The van der Waals surface area contributed by atoms with Gasteiger partial charge >= 0.3 is 0 Å². The average Bonchev–Trinajstić information content (AvgIpc) is 2.46. The number of halogens is 1. The summed E-state index contributed by atoms with van der Waals surface area (Å²) in [7, 11) is 0. The third-order valence-corrected chi connectivity index (χ3v) is 4.15. The Bertz CT molecular complexity index is 596. The molecule has 0 aliphatic rings. The van der Waals surface area contributed by atoms with Gasteiger partial charge < -0.3 is 10.1 Å². The first-order valence-corrected chi connectivity index (χ1v) is 8.04. The Hall–Kier alpha value is -1.32. The first-order valence-electron chi connectivity index (χ1n) is 7.25. The Morgan fingerprint density at radius 1 is 1.10 bits per heavy atom. The predicted octanol–water partition coefficient (Wildman–Crippen LogP) is 4.83. The molecular formula is C18H22BrNO. The molecule has 21 heavy (non-hydrogen) atoms. The van der Waals surface area contributed by atoms with Gasteiger partial charge in [0.2, 0.25) is 0 Å². The van der Waals surface area contributed by atoms with Gasteiger partial charge in [0.1, 0.15) is 12.4 Å². The molecule has 2 nitrogen and oxygen atoms in total. The summed E-state index contributed by atoms with van der Waals surface area (Å²) in [6, 6.07) is 14.9. The molecule has 0 spiro atoms. The monoisotopic (exact) mass is 347 g/mol. The van der Waals surface area contributed by atoms with E-state index in [4.69, 9.17) is 4.74 Å². The fourth-order valence-corrected chi connectivity index (χ4v) is 2.41. The molecule has 0 saturated carbocycles. The third kappa shape index (κ3) is 4.87. The van der Waals surface area contributed by atoms with Crippen LogP contribution in [-0.4, -0.2) is 6.04 Å². The summed E-state index contributed by atoms with van der Waals surface area (Å²) in [5, 5.41) is 3.43. The predicted molar refractivity (Wildman–Crippen MR) is 91.6 cm³/mol. The normalized spacial score (nSPS) is 10.9. The van der Waals surface area contributed by atoms with E-state index in [0.717, 1.165) is 16.8 Å². The second-order valence-electron chi connectivity index (χ2n) is 5.50. The molecular weight excluding hydrogens is 326 g/mol. The van der Waals surface area contributed by atoms with Crippen molar-refractivity contribution in [1.29, 1.82) is 0 Å². The van der Waals surface area contributed by atoms with Crippen molar-refractivity contribution in [3.05, 3.63) is 63.6 Å². The minimum Gasteiger partial charge on any atom is -0.489 e. The largest absolute Gasteiger partial charge is 0.489 e. The minimum atomic E-state index is 0.466. The summed E-state index contributed by atoms with van der Waals surface area (Å²) in [6.45, 7) is 7.84. The second kappa shape index (κ2) is 7.62. The molecule has 0 bridgehead atoms. The summed E-state index contributed by atoms with van der Waals surface area (Å²) >= 11 is 3.59. The van der Waals surface area contributed by atoms with Crippen molar-refractivity contribution in [2.24, 2.45) is 0 Å². The molecule has 0 amide bonds. The van der Waals surface area contributed by atoms with Crippen molar-refractivity contribution < 1.29 is 4.74 Å². The fraction of sp³-hybridized carbons (Fsp3) is 0.333. The van der Waals surface area contributed by atoms with Gasteiger partial charge in [-0.2, -0.15) is 0 Å². The quantitative estimate of drug-likeness (QED) is 0.807. The van der Waals surface area contributed by atoms with Crippen molar-refractivity contribution >= 4 is 15.9 Å². The second-order valence-corrected chi connectivity index (χ2v) is 6.36. The summed E-state index contributed by atoms with van der Waals surface area (Å²) in [4.78, 5) is 0. The molecule has 0 aliphatic heterocycles. The van der Waals surface area contributed by atoms with Gasteiger partial charge in [-0.05, 0) is 41.8 Å². The van der Waals surface area contributed by atoms with E-state index in [1.54, 1.807) is 0 Å². The molecule has 0 atom stereocenters. The van der Waals surface area contributed by atoms with Crippen LogP contribution < -0.4 is 10.1 Å². The van der Waals surface area contributed by atoms with Gasteiger partial charge in [-0.1, -0.05) is 54.0 Å². The first kappa shape index (κ1) is 16.1. The molecule has 0 unspecified atom stereocenters. The lowest BCUT2D eigenvalue weighted by atomic mass is 10.1. The zero-order chi connectivity index (χ0) is 15.2. The summed E-state index contributed by atoms with van der Waals surface area (Å²) in [5.74, 6) is 0.905. The number of benzene rings is 2. The van der Waals surface area contributed by atoms with Gasteiger partial charge in [-0.3, -0.25) is 0 Å². The van der Waals surface area contributed by atoms with E-state index in [0.29, 0.717) is 12.6 Å². The van der Waals surface area contributed by atoms with E-state index in [1.807, 2.05) is 24.3 Å². The smallest absolute Gasteiger partial charge is 0.120 e. The zero-order valence-electron chi connectivity index (χ0n) is 12.8. The Kier molecular flexibility index (Phi) is 5.83. The molecule has 112 valence electrons. The number of rotatable bonds is 6. The number of ether oxygens (including phenoxy) is 1. The highest BCUT2D eigenvalue weighted by molar-refractivity contribution is 9.10. The number of aryl methyl sites for hydroxylation is 1. The van der Waals surface area contributed by atoms with Gasteiger partial charge in [-0.15, -0.1) is 0 Å². The Morgan fingerprint density at radius 3 is 2.57 bits per heavy atom. The van der Waals surface area contributed by atoms with Crippen molar-refractivity contribution in [3.63, 3.8) is 0 Å². The summed E-state index contributed by atoms with van der Waals surface area (Å²) in [6.07, 6.45) is 0. The number of hydrogen-bond donors (Lipinski definition) is 1. The Labute approximate surface area is 135 Å². The standard InChI is InChI=1S/C18H22BrNO/c1-13(2)20-11-16-10-17(8-9-18(16)19)21-12-15-7-5-4-6-14(15)3/h4-10,13,20H,11-12H2,1-3H3. The van der Waals surface area contributed by atoms with E-state index in [9.17, 15) is 0 Å². The van der Waals surface area contributed by atoms with E-state index in [1.165, 1.54) is 16.7 Å². The number of nitrogens with one attached hydrogen (secondary N) is 1. The van der Waals surface area contributed by atoms with Crippen LogP contribution in [0.4, 0.5) is 0 Å². The highest BCUT2D eigenvalue weighted by atomic mass is 79.9. The van der Waals surface area contributed by atoms with E-state index in [-0.39, 0.29) is 0 Å². The van der Waals surface area contributed by atoms with Crippen LogP contribution in [0.2, 0.25) is 0 Å². The molecule has 0 aromatic heterocycles. The lowest BCUT2D eigenvalue weighted by molar-refractivity contribution is 0.305. The van der Waals surface area contributed by atoms with E-state index < -0.39 is 0 Å². The summed E-state index contributed by atoms with van der Waals surface area (Å²) < 4.78 is 7.04. The maximum absolute atomic E-state index is 5.93. The zero-order valence-corrected chi connectivity index (χ0v) is 14.4. The van der Waals surface area contributed by atoms with Crippen molar-refractivity contribution in [3.8, 4) is 5.75 Å². The molecule has 3 heteroatoms. The van der Waals surface area contributed by atoms with Crippen LogP contribution in [0.5, 0.6) is 5.75 Å². The molecule has 0 radical (unpaired) electrons. The third-order valence-electron chi connectivity index (χ3n) is 3.37. The number of hydrogen-bond acceptors (Lipinski definition) is 2. The van der Waals surface area contributed by atoms with Gasteiger partial charge in [0, 0.05) is 17.1 Å². The molecule has 2 rings (SSSR count). The highest BCUT2D eigenvalue weighted by Gasteiger charge is 2.05. The van der Waals surface area contributed by atoms with Crippen LogP contribution in [0.3, 0.4) is 0 Å². The molecule has 0 heterocycles. The minimum absolute atomic E-state index is 0.466. The molecule has 2 aromatic rings. The Balaban J connectivity index is 2.03. The highest BCUT2D eigenvalue weighted by Crippen LogP contribution is 2.23. The van der Waals surface area contributed by atoms with E-state index >= 15 is 0 Å². The van der Waals surface area contributed by atoms with Crippen molar-refractivity contribution in [2.45, 2.75) is 40.0 Å². The molecule has 1 N–H and O–H groups in total. The van der Waals surface area contributed by atoms with Crippen LogP contribution in [-0.2, 0) is 13.2 Å². The summed E-state index contributed by atoms with van der Waals surface area (Å²) in [5.41, 5.74) is 3.70. The molecule has 0 aliphatic carbocycles. The molecule has 2 aromatic carbocycles. The van der Waals surface area contributed by atoms with Crippen LogP contribution in [0, 0.1) is 6.92 Å². The van der Waals surface area contributed by atoms with Crippen LogP contribution in [0.25, 0.3) is 0 Å². The first-order chi connectivity index (χ1) is 10.1. The topological polar surface area (TPSA) is 21.3 Å². The van der Waals surface area contributed by atoms with Crippen molar-refractivity contribution in [2.75, 3.05) is 0 Å². The SMILES string of the molecule is Cc1ccccc1COc1ccc(Br)c(CNC(C)C)c1. The van der Waals surface area contributed by atoms with Crippen LogP contribution in [0.1, 0.15) is 30.5 Å². The Morgan fingerprint density at radius 2 is 1.86 bits per heavy atom. The molecule has 0 fully saturated rings. The van der Waals surface area contributed by atoms with Gasteiger partial charge in [-0.25, -0.2) is 0 Å². The molecule has 0 saturated heterocycles. The van der Waals surface area contributed by atoms with Crippen LogP contribution in [0.15, 0.2) is 46.9 Å².